The summed E-state index contributed by atoms with van der Waals surface area (Å²) in [6, 6.07) is 8.77. The van der Waals surface area contributed by atoms with Gasteiger partial charge in [-0.15, -0.1) is 0 Å². The molecule has 0 saturated carbocycles. The molecule has 1 saturated heterocycles. The predicted octanol–water partition coefficient (Wildman–Crippen LogP) is 1.85. The van der Waals surface area contributed by atoms with Crippen LogP contribution in [0.5, 0.6) is 0 Å². The number of carbonyl (C=O) groups is 1. The average molecular weight is 289 g/mol. The first-order chi connectivity index (χ1) is 10.0. The van der Waals surface area contributed by atoms with E-state index < -0.39 is 0 Å². The van der Waals surface area contributed by atoms with Gasteiger partial charge in [0.2, 0.25) is 5.91 Å². The molecule has 1 aliphatic rings. The molecule has 0 aliphatic carbocycles. The van der Waals surface area contributed by atoms with Gasteiger partial charge in [-0.2, -0.15) is 0 Å². The van der Waals surface area contributed by atoms with Crippen molar-refractivity contribution in [2.24, 2.45) is 5.73 Å². The Labute approximate surface area is 127 Å². The normalized spacial score (nSPS) is 17.1. The number of nitrogens with one attached hydrogen (secondary N) is 1. The standard InChI is InChI=1S/C17H27N3O/c1-13(2)15-5-3-14(4-6-15)11-19-17(21)12-20-9-7-16(18)8-10-20/h3-6,13,16H,7-12,18H2,1-2H3,(H,19,21). The van der Waals surface area contributed by atoms with Crippen LogP contribution in [-0.2, 0) is 11.3 Å². The van der Waals surface area contributed by atoms with Crippen molar-refractivity contribution in [3.05, 3.63) is 35.4 Å². The Morgan fingerprint density at radius 3 is 2.48 bits per heavy atom. The number of amides is 1. The van der Waals surface area contributed by atoms with Crippen LogP contribution in [-0.4, -0.2) is 36.5 Å². The van der Waals surface area contributed by atoms with Gasteiger partial charge < -0.3 is 11.1 Å². The van der Waals surface area contributed by atoms with Gasteiger partial charge in [-0.05, 0) is 29.9 Å². The second kappa shape index (κ2) is 7.57. The van der Waals surface area contributed by atoms with Crippen molar-refractivity contribution in [1.29, 1.82) is 0 Å². The van der Waals surface area contributed by atoms with Crippen LogP contribution in [0.1, 0.15) is 43.7 Å². The van der Waals surface area contributed by atoms with Gasteiger partial charge in [0.25, 0.3) is 0 Å². The van der Waals surface area contributed by atoms with Crippen molar-refractivity contribution in [2.75, 3.05) is 19.6 Å². The van der Waals surface area contributed by atoms with Crippen LogP contribution in [0, 0.1) is 0 Å². The van der Waals surface area contributed by atoms with Crippen LogP contribution in [0.4, 0.5) is 0 Å². The van der Waals surface area contributed by atoms with E-state index in [-0.39, 0.29) is 5.91 Å². The van der Waals surface area contributed by atoms with Gasteiger partial charge in [0.05, 0.1) is 6.54 Å². The lowest BCUT2D eigenvalue weighted by Crippen LogP contribution is -2.44. The molecule has 4 heteroatoms. The van der Waals surface area contributed by atoms with Crippen molar-refractivity contribution in [1.82, 2.24) is 10.2 Å². The highest BCUT2D eigenvalue weighted by Crippen LogP contribution is 2.14. The number of benzene rings is 1. The molecule has 0 radical (unpaired) electrons. The average Bonchev–Trinajstić information content (AvgIpc) is 2.48. The third-order valence-electron chi connectivity index (χ3n) is 4.14. The third-order valence-corrected chi connectivity index (χ3v) is 4.14. The topological polar surface area (TPSA) is 58.4 Å². The molecule has 1 aliphatic heterocycles. The summed E-state index contributed by atoms with van der Waals surface area (Å²) in [5, 5.41) is 2.99. The van der Waals surface area contributed by atoms with E-state index in [9.17, 15) is 4.79 Å². The molecule has 0 aromatic heterocycles. The first kappa shape index (κ1) is 16.0. The summed E-state index contributed by atoms with van der Waals surface area (Å²) >= 11 is 0. The first-order valence-corrected chi connectivity index (χ1v) is 7.88. The summed E-state index contributed by atoms with van der Waals surface area (Å²) in [5.74, 6) is 0.637. The highest BCUT2D eigenvalue weighted by Gasteiger charge is 2.17. The Morgan fingerprint density at radius 1 is 1.29 bits per heavy atom. The number of hydrogen-bond acceptors (Lipinski definition) is 3. The minimum absolute atomic E-state index is 0.0957. The van der Waals surface area contributed by atoms with E-state index in [1.54, 1.807) is 0 Å². The Morgan fingerprint density at radius 2 is 1.90 bits per heavy atom. The fourth-order valence-corrected chi connectivity index (χ4v) is 2.59. The lowest BCUT2D eigenvalue weighted by molar-refractivity contribution is -0.122. The number of hydrogen-bond donors (Lipinski definition) is 2. The van der Waals surface area contributed by atoms with E-state index >= 15 is 0 Å². The van der Waals surface area contributed by atoms with E-state index in [0.29, 0.717) is 25.0 Å². The molecule has 1 amide bonds. The minimum atomic E-state index is 0.0957. The Hall–Kier alpha value is -1.39. The Kier molecular flexibility index (Phi) is 5.76. The van der Waals surface area contributed by atoms with Crippen LogP contribution in [0.3, 0.4) is 0 Å². The zero-order valence-electron chi connectivity index (χ0n) is 13.1. The molecule has 4 nitrogen and oxygen atoms in total. The van der Waals surface area contributed by atoms with Crippen molar-refractivity contribution in [3.8, 4) is 0 Å². The van der Waals surface area contributed by atoms with Crippen LogP contribution in [0.2, 0.25) is 0 Å². The van der Waals surface area contributed by atoms with Crippen molar-refractivity contribution >= 4 is 5.91 Å². The molecule has 3 N–H and O–H groups in total. The smallest absolute Gasteiger partial charge is 0.234 e. The number of nitrogens with zero attached hydrogens (tertiary/aromatic N) is 1. The molecular formula is C17H27N3O. The molecule has 116 valence electrons. The molecule has 0 spiro atoms. The van der Waals surface area contributed by atoms with Gasteiger partial charge in [-0.1, -0.05) is 38.1 Å². The predicted molar refractivity (Wildman–Crippen MR) is 86.0 cm³/mol. The highest BCUT2D eigenvalue weighted by molar-refractivity contribution is 5.78. The van der Waals surface area contributed by atoms with Gasteiger partial charge in [0.15, 0.2) is 0 Å². The maximum absolute atomic E-state index is 12.0. The van der Waals surface area contributed by atoms with Crippen molar-refractivity contribution < 1.29 is 4.79 Å². The van der Waals surface area contributed by atoms with E-state index in [4.69, 9.17) is 5.73 Å². The van der Waals surface area contributed by atoms with Gasteiger partial charge in [-0.25, -0.2) is 0 Å². The number of carbonyl (C=O) groups excluding carboxylic acids is 1. The molecule has 1 fully saturated rings. The van der Waals surface area contributed by atoms with E-state index in [2.05, 4.69) is 48.3 Å². The zero-order chi connectivity index (χ0) is 15.2. The monoisotopic (exact) mass is 289 g/mol. The number of nitrogens with two attached hydrogens (primary N) is 1. The second-order valence-electron chi connectivity index (χ2n) is 6.29. The molecular weight excluding hydrogens is 262 g/mol. The van der Waals surface area contributed by atoms with E-state index in [1.165, 1.54) is 5.56 Å². The molecule has 0 unspecified atom stereocenters. The van der Waals surface area contributed by atoms with Gasteiger partial charge >= 0.3 is 0 Å². The Balaban J connectivity index is 1.73. The van der Waals surface area contributed by atoms with Crippen molar-refractivity contribution in [2.45, 2.75) is 45.2 Å². The zero-order valence-corrected chi connectivity index (χ0v) is 13.1. The number of piperidine rings is 1. The molecule has 0 atom stereocenters. The lowest BCUT2D eigenvalue weighted by Gasteiger charge is -2.29. The van der Waals surface area contributed by atoms with E-state index in [0.717, 1.165) is 31.5 Å². The van der Waals surface area contributed by atoms with Gasteiger partial charge in [0.1, 0.15) is 0 Å². The molecule has 21 heavy (non-hydrogen) atoms. The number of rotatable bonds is 5. The molecule has 1 aromatic rings. The molecule has 1 aromatic carbocycles. The highest BCUT2D eigenvalue weighted by atomic mass is 16.2. The third kappa shape index (κ3) is 5.14. The largest absolute Gasteiger partial charge is 0.351 e. The summed E-state index contributed by atoms with van der Waals surface area (Å²) in [7, 11) is 0. The molecule has 0 bridgehead atoms. The lowest BCUT2D eigenvalue weighted by atomic mass is 10.0. The number of likely N-dealkylation sites (tertiary alicyclic amines) is 1. The minimum Gasteiger partial charge on any atom is -0.351 e. The van der Waals surface area contributed by atoms with Crippen LogP contribution in [0.15, 0.2) is 24.3 Å². The second-order valence-corrected chi connectivity index (χ2v) is 6.29. The SMILES string of the molecule is CC(C)c1ccc(CNC(=O)CN2CCC(N)CC2)cc1. The van der Waals surface area contributed by atoms with E-state index in [1.807, 2.05) is 0 Å². The summed E-state index contributed by atoms with van der Waals surface area (Å²) in [4.78, 5) is 14.1. The maximum Gasteiger partial charge on any atom is 0.234 e. The summed E-state index contributed by atoms with van der Waals surface area (Å²) in [6.07, 6.45) is 1.98. The fraction of sp³-hybridized carbons (Fsp3) is 0.588. The van der Waals surface area contributed by atoms with Crippen LogP contribution in [0.25, 0.3) is 0 Å². The summed E-state index contributed by atoms with van der Waals surface area (Å²) < 4.78 is 0. The molecule has 2 rings (SSSR count). The van der Waals surface area contributed by atoms with Gasteiger partial charge in [0, 0.05) is 25.7 Å². The quantitative estimate of drug-likeness (QED) is 0.870. The van der Waals surface area contributed by atoms with Crippen LogP contribution >= 0.6 is 0 Å². The van der Waals surface area contributed by atoms with Crippen LogP contribution < -0.4 is 11.1 Å². The fourth-order valence-electron chi connectivity index (χ4n) is 2.59. The summed E-state index contributed by atoms with van der Waals surface area (Å²) in [6.45, 7) is 7.30. The summed E-state index contributed by atoms with van der Waals surface area (Å²) in [5.41, 5.74) is 8.34. The first-order valence-electron chi connectivity index (χ1n) is 7.88. The molecule has 1 heterocycles. The maximum atomic E-state index is 12.0. The van der Waals surface area contributed by atoms with Crippen molar-refractivity contribution in [3.63, 3.8) is 0 Å². The Bertz CT molecular complexity index is 448. The van der Waals surface area contributed by atoms with Gasteiger partial charge in [-0.3, -0.25) is 9.69 Å².